The summed E-state index contributed by atoms with van der Waals surface area (Å²) in [6.45, 7) is 15.4. The second kappa shape index (κ2) is 11.4. The molecule has 0 fully saturated rings. The molecule has 15 heavy (non-hydrogen) atoms. The van der Waals surface area contributed by atoms with E-state index in [1.807, 2.05) is 13.8 Å². The fourth-order valence-electron chi connectivity index (χ4n) is 1.26. The second-order valence-corrected chi connectivity index (χ2v) is 3.47. The van der Waals surface area contributed by atoms with Crippen LogP contribution in [0.2, 0.25) is 0 Å². The lowest BCUT2D eigenvalue weighted by atomic mass is 10.1. The summed E-state index contributed by atoms with van der Waals surface area (Å²) in [5.41, 5.74) is 2.52. The van der Waals surface area contributed by atoms with E-state index in [0.717, 1.165) is 25.2 Å². The van der Waals surface area contributed by atoms with Crippen LogP contribution in [0.25, 0.3) is 0 Å². The first-order valence-electron chi connectivity index (χ1n) is 6.10. The Morgan fingerprint density at radius 1 is 1.07 bits per heavy atom. The molecule has 0 aromatic rings. The number of hydrogen-bond donors (Lipinski definition) is 0. The molecule has 0 aliphatic heterocycles. The zero-order valence-corrected chi connectivity index (χ0v) is 11.6. The maximum absolute atomic E-state index is 5.68. The normalized spacial score (nSPS) is 10.2. The predicted molar refractivity (Wildman–Crippen MR) is 70.0 cm³/mol. The van der Waals surface area contributed by atoms with Gasteiger partial charge in [0.25, 0.3) is 0 Å². The van der Waals surface area contributed by atoms with Crippen molar-refractivity contribution in [3.05, 3.63) is 23.0 Å². The van der Waals surface area contributed by atoms with Crippen molar-refractivity contribution < 1.29 is 4.74 Å². The van der Waals surface area contributed by atoms with Crippen molar-refractivity contribution in [2.45, 2.75) is 61.3 Å². The van der Waals surface area contributed by atoms with Gasteiger partial charge in [-0.25, -0.2) is 0 Å². The van der Waals surface area contributed by atoms with Gasteiger partial charge in [0.2, 0.25) is 0 Å². The van der Waals surface area contributed by atoms with Crippen molar-refractivity contribution in [3.63, 3.8) is 0 Å². The third-order valence-corrected chi connectivity index (χ3v) is 1.77. The number of allylic oxidation sites excluding steroid dienone is 3. The van der Waals surface area contributed by atoms with Crippen molar-refractivity contribution >= 4 is 0 Å². The lowest BCUT2D eigenvalue weighted by molar-refractivity contribution is 0.217. The van der Waals surface area contributed by atoms with Gasteiger partial charge < -0.3 is 4.74 Å². The first-order valence-corrected chi connectivity index (χ1v) is 6.10. The van der Waals surface area contributed by atoms with E-state index in [1.165, 1.54) is 11.1 Å². The summed E-state index contributed by atoms with van der Waals surface area (Å²) in [4.78, 5) is 0. The molecule has 0 unspecified atom stereocenters. The standard InChI is InChI=1S/C12H22O.C2H6/c1-6-8-11(5)12(10(3)4)13-9-7-2;1-2/h8H,6-7,9H2,1-5H3;1-2H3/b11-8-;. The number of ether oxygens (including phenoxy) is 1. The molecule has 0 heterocycles. The molecular formula is C14H28O. The summed E-state index contributed by atoms with van der Waals surface area (Å²) >= 11 is 0. The van der Waals surface area contributed by atoms with Crippen molar-refractivity contribution in [2.75, 3.05) is 6.61 Å². The quantitative estimate of drug-likeness (QED) is 0.455. The summed E-state index contributed by atoms with van der Waals surface area (Å²) in [7, 11) is 0. The van der Waals surface area contributed by atoms with E-state index in [0.29, 0.717) is 0 Å². The van der Waals surface area contributed by atoms with Crippen molar-refractivity contribution in [3.8, 4) is 0 Å². The van der Waals surface area contributed by atoms with Crippen LogP contribution in [0.4, 0.5) is 0 Å². The molecule has 0 aliphatic rings. The Kier molecular flexibility index (Phi) is 12.6. The van der Waals surface area contributed by atoms with Crippen molar-refractivity contribution in [2.24, 2.45) is 0 Å². The molecule has 0 N–H and O–H groups in total. The summed E-state index contributed by atoms with van der Waals surface area (Å²) in [6, 6.07) is 0. The minimum atomic E-state index is 0.815. The Bertz CT molecular complexity index is 195. The molecule has 0 aromatic heterocycles. The zero-order chi connectivity index (χ0) is 12.3. The van der Waals surface area contributed by atoms with Gasteiger partial charge in [0.1, 0.15) is 5.76 Å². The first kappa shape index (κ1) is 16.7. The van der Waals surface area contributed by atoms with Crippen molar-refractivity contribution in [1.29, 1.82) is 0 Å². The van der Waals surface area contributed by atoms with E-state index < -0.39 is 0 Å². The third kappa shape index (κ3) is 8.29. The van der Waals surface area contributed by atoms with E-state index in [4.69, 9.17) is 4.74 Å². The fraction of sp³-hybridized carbons (Fsp3) is 0.714. The lowest BCUT2D eigenvalue weighted by Crippen LogP contribution is -1.97. The monoisotopic (exact) mass is 212 g/mol. The van der Waals surface area contributed by atoms with Gasteiger partial charge in [0.15, 0.2) is 0 Å². The van der Waals surface area contributed by atoms with E-state index in [1.54, 1.807) is 0 Å². The molecule has 0 aromatic carbocycles. The van der Waals surface area contributed by atoms with Crippen LogP contribution >= 0.6 is 0 Å². The lowest BCUT2D eigenvalue weighted by Gasteiger charge is -2.12. The maximum Gasteiger partial charge on any atom is 0.120 e. The molecule has 1 nitrogen and oxygen atoms in total. The minimum absolute atomic E-state index is 0.815. The van der Waals surface area contributed by atoms with Gasteiger partial charge in [-0.3, -0.25) is 0 Å². The highest BCUT2D eigenvalue weighted by molar-refractivity contribution is 5.27. The summed E-state index contributed by atoms with van der Waals surface area (Å²) in [5, 5.41) is 0. The van der Waals surface area contributed by atoms with Crippen LogP contribution in [0.15, 0.2) is 23.0 Å². The van der Waals surface area contributed by atoms with Crippen LogP contribution in [0.3, 0.4) is 0 Å². The van der Waals surface area contributed by atoms with Crippen LogP contribution in [0, 0.1) is 0 Å². The first-order chi connectivity index (χ1) is 7.13. The van der Waals surface area contributed by atoms with Crippen LogP contribution in [-0.2, 0) is 4.74 Å². The summed E-state index contributed by atoms with van der Waals surface area (Å²) < 4.78 is 5.68. The van der Waals surface area contributed by atoms with Crippen LogP contribution in [-0.4, -0.2) is 6.61 Å². The van der Waals surface area contributed by atoms with Crippen molar-refractivity contribution in [1.82, 2.24) is 0 Å². The third-order valence-electron chi connectivity index (χ3n) is 1.77. The Morgan fingerprint density at radius 3 is 1.93 bits per heavy atom. The number of hydrogen-bond acceptors (Lipinski definition) is 1. The molecule has 1 heteroatoms. The van der Waals surface area contributed by atoms with Gasteiger partial charge >= 0.3 is 0 Å². The molecule has 0 saturated carbocycles. The SMILES string of the molecule is CC.CC/C=C(/C)C(OCCC)=C(C)C. The Hall–Kier alpha value is -0.720. The van der Waals surface area contributed by atoms with E-state index >= 15 is 0 Å². The summed E-state index contributed by atoms with van der Waals surface area (Å²) in [6.07, 6.45) is 4.34. The largest absolute Gasteiger partial charge is 0.493 e. The van der Waals surface area contributed by atoms with E-state index in [2.05, 4.69) is 40.7 Å². The molecule has 0 bridgehead atoms. The summed E-state index contributed by atoms with van der Waals surface area (Å²) in [5.74, 6) is 1.07. The van der Waals surface area contributed by atoms with Gasteiger partial charge in [-0.15, -0.1) is 0 Å². The smallest absolute Gasteiger partial charge is 0.120 e. The number of rotatable bonds is 5. The average molecular weight is 212 g/mol. The minimum Gasteiger partial charge on any atom is -0.493 e. The van der Waals surface area contributed by atoms with E-state index in [-0.39, 0.29) is 0 Å². The molecular weight excluding hydrogens is 184 g/mol. The predicted octanol–water partition coefficient (Wildman–Crippen LogP) is 5.09. The Balaban J connectivity index is 0. The zero-order valence-electron chi connectivity index (χ0n) is 11.6. The second-order valence-electron chi connectivity index (χ2n) is 3.47. The molecule has 0 rings (SSSR count). The molecule has 0 aliphatic carbocycles. The van der Waals surface area contributed by atoms with E-state index in [9.17, 15) is 0 Å². The van der Waals surface area contributed by atoms with Gasteiger partial charge in [0.05, 0.1) is 6.61 Å². The highest BCUT2D eigenvalue weighted by Gasteiger charge is 2.02. The highest BCUT2D eigenvalue weighted by Crippen LogP contribution is 2.16. The van der Waals surface area contributed by atoms with Gasteiger partial charge in [-0.05, 0) is 44.8 Å². The molecule has 90 valence electrons. The molecule has 0 atom stereocenters. The fourth-order valence-corrected chi connectivity index (χ4v) is 1.26. The van der Waals surface area contributed by atoms with Gasteiger partial charge in [0, 0.05) is 0 Å². The Labute approximate surface area is 96.2 Å². The average Bonchev–Trinajstić information content (AvgIpc) is 2.21. The van der Waals surface area contributed by atoms with Gasteiger partial charge in [-0.1, -0.05) is 33.8 Å². The van der Waals surface area contributed by atoms with Crippen LogP contribution in [0.1, 0.15) is 61.3 Å². The van der Waals surface area contributed by atoms with Gasteiger partial charge in [-0.2, -0.15) is 0 Å². The molecule has 0 amide bonds. The Morgan fingerprint density at radius 2 is 1.60 bits per heavy atom. The maximum atomic E-state index is 5.68. The highest BCUT2D eigenvalue weighted by atomic mass is 16.5. The van der Waals surface area contributed by atoms with Crippen LogP contribution < -0.4 is 0 Å². The molecule has 0 spiro atoms. The topological polar surface area (TPSA) is 9.23 Å². The molecule has 0 saturated heterocycles. The van der Waals surface area contributed by atoms with Crippen LogP contribution in [0.5, 0.6) is 0 Å². The molecule has 0 radical (unpaired) electrons.